The van der Waals surface area contributed by atoms with E-state index in [1.165, 1.54) is 21.3 Å². The van der Waals surface area contributed by atoms with Crippen LogP contribution in [0, 0.1) is 0 Å². The van der Waals surface area contributed by atoms with Gasteiger partial charge in [0.1, 0.15) is 0 Å². The molecular formula is C14H11F3N2OS. The van der Waals surface area contributed by atoms with Gasteiger partial charge < -0.3 is 0 Å². The number of hydrogen-bond acceptors (Lipinski definition) is 3. The summed E-state index contributed by atoms with van der Waals surface area (Å²) in [7, 11) is 0. The maximum absolute atomic E-state index is 12.3. The predicted molar refractivity (Wildman–Crippen MR) is 72.4 cm³/mol. The van der Waals surface area contributed by atoms with E-state index >= 15 is 0 Å². The van der Waals surface area contributed by atoms with Gasteiger partial charge in [0.25, 0.3) is 5.78 Å². The summed E-state index contributed by atoms with van der Waals surface area (Å²) in [6.45, 7) is 0.477. The molecule has 110 valence electrons. The maximum Gasteiger partial charge on any atom is 0.454 e. The highest BCUT2D eigenvalue weighted by molar-refractivity contribution is 8.00. The number of carbonyl (C=O) groups is 1. The molecule has 0 N–H and O–H groups in total. The quantitative estimate of drug-likeness (QED) is 0.815. The number of halogens is 3. The third-order valence-corrected chi connectivity index (χ3v) is 4.56. The summed E-state index contributed by atoms with van der Waals surface area (Å²) in [5.74, 6) is -1.85. The summed E-state index contributed by atoms with van der Waals surface area (Å²) >= 11 is 1.69. The zero-order chi connectivity index (χ0) is 15.0. The van der Waals surface area contributed by atoms with Crippen LogP contribution in [0.2, 0.25) is 0 Å². The van der Waals surface area contributed by atoms with Gasteiger partial charge in [0.2, 0.25) is 0 Å². The van der Waals surface area contributed by atoms with Gasteiger partial charge in [-0.15, -0.1) is 11.8 Å². The summed E-state index contributed by atoms with van der Waals surface area (Å²) in [6.07, 6.45) is -1.86. The number of alkyl halides is 3. The molecule has 1 aromatic heterocycles. The molecule has 0 saturated heterocycles. The highest BCUT2D eigenvalue weighted by Crippen LogP contribution is 2.37. The van der Waals surface area contributed by atoms with Crippen molar-refractivity contribution in [3.8, 4) is 0 Å². The number of benzene rings is 1. The third kappa shape index (κ3) is 2.97. The molecule has 0 spiro atoms. The molecule has 21 heavy (non-hydrogen) atoms. The van der Waals surface area contributed by atoms with Crippen molar-refractivity contribution < 1.29 is 18.0 Å². The zero-order valence-corrected chi connectivity index (χ0v) is 11.6. The van der Waals surface area contributed by atoms with Crippen molar-refractivity contribution in [2.75, 3.05) is 0 Å². The van der Waals surface area contributed by atoms with Crippen LogP contribution in [0.4, 0.5) is 13.2 Å². The number of rotatable bonds is 3. The first-order valence-corrected chi connectivity index (χ1v) is 7.20. The van der Waals surface area contributed by atoms with E-state index in [-0.39, 0.29) is 5.25 Å². The van der Waals surface area contributed by atoms with Crippen LogP contribution in [0.25, 0.3) is 0 Å². The smallest absolute Gasteiger partial charge is 0.284 e. The topological polar surface area (TPSA) is 34.9 Å². The summed E-state index contributed by atoms with van der Waals surface area (Å²) in [6, 6.07) is 8.00. The summed E-state index contributed by atoms with van der Waals surface area (Å²) in [5.41, 5.74) is 0.828. The van der Waals surface area contributed by atoms with Gasteiger partial charge in [-0.3, -0.25) is 9.48 Å². The average Bonchev–Trinajstić information content (AvgIpc) is 3.03. The Morgan fingerprint density at radius 2 is 2.14 bits per heavy atom. The monoisotopic (exact) mass is 312 g/mol. The van der Waals surface area contributed by atoms with Crippen LogP contribution in [0.3, 0.4) is 0 Å². The maximum atomic E-state index is 12.3. The second-order valence-corrected chi connectivity index (χ2v) is 6.17. The Hall–Kier alpha value is -1.76. The van der Waals surface area contributed by atoms with E-state index in [9.17, 15) is 18.0 Å². The van der Waals surface area contributed by atoms with Gasteiger partial charge in [0.05, 0.1) is 18.3 Å². The van der Waals surface area contributed by atoms with E-state index in [0.717, 1.165) is 12.6 Å². The Bertz CT molecular complexity index is 656. The van der Waals surface area contributed by atoms with Crippen molar-refractivity contribution in [1.82, 2.24) is 9.78 Å². The molecule has 0 radical (unpaired) electrons. The highest BCUT2D eigenvalue weighted by Gasteiger charge is 2.40. The van der Waals surface area contributed by atoms with E-state index in [1.54, 1.807) is 11.8 Å². The molecule has 0 amide bonds. The van der Waals surface area contributed by atoms with Gasteiger partial charge in [-0.05, 0) is 18.1 Å². The van der Waals surface area contributed by atoms with Crippen molar-refractivity contribution in [2.45, 2.75) is 29.3 Å². The molecule has 2 heterocycles. The lowest BCUT2D eigenvalue weighted by molar-refractivity contribution is -0.0885. The van der Waals surface area contributed by atoms with Crippen molar-refractivity contribution in [3.63, 3.8) is 0 Å². The molecule has 1 atom stereocenters. The fourth-order valence-corrected chi connectivity index (χ4v) is 3.62. The molecule has 0 saturated carbocycles. The lowest BCUT2D eigenvalue weighted by atomic mass is 10.1. The minimum atomic E-state index is -4.85. The number of ketones is 1. The molecule has 0 bridgehead atoms. The van der Waals surface area contributed by atoms with E-state index < -0.39 is 17.5 Å². The lowest BCUT2D eigenvalue weighted by Crippen LogP contribution is -2.22. The molecule has 0 fully saturated rings. The van der Waals surface area contributed by atoms with Crippen LogP contribution in [0.15, 0.2) is 41.6 Å². The minimum absolute atomic E-state index is 0.219. The number of carbonyl (C=O) groups excluding carboxylic acids is 1. The number of nitrogens with zero attached hydrogens (tertiary/aromatic N) is 2. The summed E-state index contributed by atoms with van der Waals surface area (Å²) in [4.78, 5) is 12.3. The Labute approximate surface area is 123 Å². The Morgan fingerprint density at radius 3 is 2.86 bits per heavy atom. The van der Waals surface area contributed by atoms with Gasteiger partial charge in [-0.2, -0.15) is 18.3 Å². The predicted octanol–water partition coefficient (Wildman–Crippen LogP) is 3.35. The SMILES string of the molecule is O=C(c1cnn(CC2Cc3ccccc3S2)c1)C(F)(F)F. The average molecular weight is 312 g/mol. The van der Waals surface area contributed by atoms with Crippen molar-refractivity contribution in [1.29, 1.82) is 0 Å². The Balaban J connectivity index is 1.68. The molecule has 3 nitrogen and oxygen atoms in total. The van der Waals surface area contributed by atoms with Crippen LogP contribution >= 0.6 is 11.8 Å². The second-order valence-electron chi connectivity index (χ2n) is 4.83. The largest absolute Gasteiger partial charge is 0.454 e. The summed E-state index contributed by atoms with van der Waals surface area (Å²) < 4.78 is 38.4. The molecule has 1 unspecified atom stereocenters. The lowest BCUT2D eigenvalue weighted by Gasteiger charge is -2.08. The fraction of sp³-hybridized carbons (Fsp3) is 0.286. The number of Topliss-reactive ketones (excluding diaryl/α,β-unsaturated/α-hetero) is 1. The third-order valence-electron chi connectivity index (χ3n) is 3.26. The molecule has 1 aliphatic rings. The van der Waals surface area contributed by atoms with Crippen LogP contribution in [-0.4, -0.2) is 27.0 Å². The van der Waals surface area contributed by atoms with Gasteiger partial charge in [-0.25, -0.2) is 0 Å². The highest BCUT2D eigenvalue weighted by atomic mass is 32.2. The first kappa shape index (κ1) is 14.2. The number of hydrogen-bond donors (Lipinski definition) is 0. The van der Waals surface area contributed by atoms with E-state index in [0.29, 0.717) is 6.54 Å². The second kappa shape index (κ2) is 5.22. The van der Waals surface area contributed by atoms with Crippen molar-refractivity contribution in [3.05, 3.63) is 47.8 Å². The van der Waals surface area contributed by atoms with Crippen LogP contribution in [0.5, 0.6) is 0 Å². The van der Waals surface area contributed by atoms with Gasteiger partial charge in [0, 0.05) is 16.3 Å². The summed E-state index contributed by atoms with van der Waals surface area (Å²) in [5, 5.41) is 4.08. The van der Waals surface area contributed by atoms with Crippen LogP contribution in [0.1, 0.15) is 15.9 Å². The van der Waals surface area contributed by atoms with Crippen LogP contribution < -0.4 is 0 Å². The van der Waals surface area contributed by atoms with E-state index in [1.807, 2.05) is 24.3 Å². The molecular weight excluding hydrogens is 301 g/mol. The molecule has 0 aliphatic carbocycles. The van der Waals surface area contributed by atoms with Gasteiger partial charge in [-0.1, -0.05) is 18.2 Å². The molecule has 2 aromatic rings. The fourth-order valence-electron chi connectivity index (χ4n) is 2.31. The van der Waals surface area contributed by atoms with E-state index in [2.05, 4.69) is 5.10 Å². The number of thioether (sulfide) groups is 1. The Kier molecular flexibility index (Phi) is 3.52. The van der Waals surface area contributed by atoms with Crippen molar-refractivity contribution >= 4 is 17.5 Å². The van der Waals surface area contributed by atoms with Gasteiger partial charge >= 0.3 is 6.18 Å². The van der Waals surface area contributed by atoms with Crippen molar-refractivity contribution in [2.24, 2.45) is 0 Å². The zero-order valence-electron chi connectivity index (χ0n) is 10.8. The van der Waals surface area contributed by atoms with Gasteiger partial charge in [0.15, 0.2) is 0 Å². The molecule has 7 heteroatoms. The minimum Gasteiger partial charge on any atom is -0.284 e. The molecule has 1 aliphatic heterocycles. The van der Waals surface area contributed by atoms with E-state index in [4.69, 9.17) is 0 Å². The first-order chi connectivity index (χ1) is 9.93. The number of aromatic nitrogens is 2. The molecule has 3 rings (SSSR count). The van der Waals surface area contributed by atoms with Crippen LogP contribution in [-0.2, 0) is 13.0 Å². The number of fused-ring (bicyclic) bond motifs is 1. The first-order valence-electron chi connectivity index (χ1n) is 6.32. The Morgan fingerprint density at radius 1 is 1.38 bits per heavy atom. The molecule has 1 aromatic carbocycles. The normalized spacial score (nSPS) is 17.8. The standard InChI is InChI=1S/C14H11F3N2OS/c15-14(16,17)13(20)10-6-18-19(7-10)8-11-5-9-3-1-2-4-12(9)21-11/h1-4,6-7,11H,5,8H2.